The van der Waals surface area contributed by atoms with E-state index in [2.05, 4.69) is 54.7 Å². The van der Waals surface area contributed by atoms with Gasteiger partial charge in [-0.3, -0.25) is 4.79 Å². The fraction of sp³-hybridized carbons (Fsp3) is 0.385. The molecule has 0 heterocycles. The Morgan fingerprint density at radius 3 is 1.89 bits per heavy atom. The zero-order chi connectivity index (χ0) is 13.8. The molecule has 0 unspecified atom stereocenters. The maximum atomic E-state index is 9.18. The number of carbonyl (C=O) groups is 1. The molecular formula is C13H21ClNO2Ru. The van der Waals surface area contributed by atoms with Gasteiger partial charge in [0.1, 0.15) is 0 Å². The van der Waals surface area contributed by atoms with Gasteiger partial charge in [-0.05, 0) is 18.4 Å². The third-order valence-corrected chi connectivity index (χ3v) is 1.90. The van der Waals surface area contributed by atoms with E-state index >= 15 is 0 Å². The van der Waals surface area contributed by atoms with Crippen LogP contribution in [0.15, 0.2) is 24.3 Å². The van der Waals surface area contributed by atoms with Crippen LogP contribution in [0.25, 0.3) is 5.73 Å². The standard InChI is InChI=1S/C10H14.C2H4NO2.CH3.ClH.Ru/c1-8(2)10-6-4-9(3)5-7-10;3-1-2(4)5;;;/h4-8H,1-3H3;3H,1H2,(H,4,5);1H3;1H;/q;2*-1;;+3/p-1. The van der Waals surface area contributed by atoms with Crippen LogP contribution in [0.2, 0.25) is 0 Å². The first-order chi connectivity index (χ1) is 7.97. The molecule has 2 N–H and O–H groups in total. The van der Waals surface area contributed by atoms with Crippen LogP contribution in [0, 0.1) is 14.4 Å². The molecule has 0 fully saturated rings. The monoisotopic (exact) mass is 360 g/mol. The number of nitrogens with one attached hydrogen (secondary N) is 1. The van der Waals surface area contributed by atoms with Gasteiger partial charge in [0.05, 0.1) is 0 Å². The minimum atomic E-state index is -1.08. The van der Waals surface area contributed by atoms with Gasteiger partial charge in [0.25, 0.3) is 5.97 Å². The summed E-state index contributed by atoms with van der Waals surface area (Å²) in [6, 6.07) is 8.71. The minimum Gasteiger partial charge on any atom is -0.668 e. The third-order valence-electron chi connectivity index (χ3n) is 1.90. The van der Waals surface area contributed by atoms with Gasteiger partial charge in [0, 0.05) is 0 Å². The van der Waals surface area contributed by atoms with Crippen LogP contribution in [-0.4, -0.2) is 17.6 Å². The van der Waals surface area contributed by atoms with Gasteiger partial charge < -0.3 is 18.3 Å². The van der Waals surface area contributed by atoms with E-state index in [1.807, 2.05) is 17.3 Å². The molecule has 0 aromatic heterocycles. The van der Waals surface area contributed by atoms with Crippen molar-refractivity contribution in [3.05, 3.63) is 48.6 Å². The van der Waals surface area contributed by atoms with Crippen LogP contribution < -0.4 is 0 Å². The average Bonchev–Trinajstić information content (AvgIpc) is 2.33. The number of benzene rings is 1. The van der Waals surface area contributed by atoms with E-state index in [0.29, 0.717) is 5.92 Å². The summed E-state index contributed by atoms with van der Waals surface area (Å²) < 4.78 is 0. The third kappa shape index (κ3) is 13.6. The number of carboxylic acids is 1. The molecule has 0 aliphatic heterocycles. The summed E-state index contributed by atoms with van der Waals surface area (Å²) in [6.45, 7) is 6.01. The van der Waals surface area contributed by atoms with Crippen molar-refractivity contribution in [3.8, 4) is 0 Å². The maximum Gasteiger partial charge on any atom is 0.282 e. The maximum absolute atomic E-state index is 9.18. The van der Waals surface area contributed by atoms with Gasteiger partial charge >= 0.3 is 27.0 Å². The quantitative estimate of drug-likeness (QED) is 0.629. The fourth-order valence-electron chi connectivity index (χ4n) is 0.951. The Morgan fingerprint density at radius 1 is 1.33 bits per heavy atom. The summed E-state index contributed by atoms with van der Waals surface area (Å²) >= 11 is 1.82. The second kappa shape index (κ2) is 14.6. The Labute approximate surface area is 124 Å². The molecule has 0 aliphatic carbocycles. The van der Waals surface area contributed by atoms with Crippen molar-refractivity contribution in [2.75, 3.05) is 6.54 Å². The molecule has 0 radical (unpaired) electrons. The molecule has 105 valence electrons. The smallest absolute Gasteiger partial charge is 0.282 e. The van der Waals surface area contributed by atoms with Crippen LogP contribution in [0.4, 0.5) is 0 Å². The number of hydrogen-bond donors (Lipinski definition) is 1. The summed E-state index contributed by atoms with van der Waals surface area (Å²) in [5, 5.41) is 7.53. The van der Waals surface area contributed by atoms with Crippen molar-refractivity contribution in [2.45, 2.75) is 26.7 Å². The molecule has 1 aromatic carbocycles. The predicted octanol–water partition coefficient (Wildman–Crippen LogP) is 4.38. The number of carboxylic acid groups (broad SMARTS) is 1. The van der Waals surface area contributed by atoms with Crippen LogP contribution in [0.1, 0.15) is 30.9 Å². The molecule has 0 saturated carbocycles. The van der Waals surface area contributed by atoms with Crippen molar-refractivity contribution >= 4 is 15.7 Å². The molecule has 0 aliphatic rings. The number of rotatable bonds is 2. The van der Waals surface area contributed by atoms with E-state index in [1.54, 1.807) is 0 Å². The summed E-state index contributed by atoms with van der Waals surface area (Å²) in [6.07, 6.45) is 0. The zero-order valence-corrected chi connectivity index (χ0v) is 13.7. The van der Waals surface area contributed by atoms with Crippen molar-refractivity contribution in [1.82, 2.24) is 0 Å². The minimum absolute atomic E-state index is 0. The Hall–Kier alpha value is -0.437. The molecule has 3 nitrogen and oxygen atoms in total. The molecule has 5 heteroatoms. The number of hydrogen-bond acceptors (Lipinski definition) is 1. The molecule has 18 heavy (non-hydrogen) atoms. The molecule has 0 amide bonds. The summed E-state index contributed by atoms with van der Waals surface area (Å²) in [7, 11) is 4.57. The van der Waals surface area contributed by atoms with E-state index in [9.17, 15) is 4.79 Å². The fourth-order valence-corrected chi connectivity index (χ4v) is 0.951. The SMILES string of the molecule is Cc1ccc(C(C)C)cc1.[CH3-].[Cl][Ru+2].[NH-]CC(=O)O. The van der Waals surface area contributed by atoms with Gasteiger partial charge in [-0.25, -0.2) is 0 Å². The summed E-state index contributed by atoms with van der Waals surface area (Å²) in [5.74, 6) is -0.425. The van der Waals surface area contributed by atoms with Gasteiger partial charge in [-0.15, -0.1) is 0 Å². The van der Waals surface area contributed by atoms with Crippen molar-refractivity contribution < 1.29 is 27.2 Å². The van der Waals surface area contributed by atoms with Crippen molar-refractivity contribution in [2.24, 2.45) is 0 Å². The number of aryl methyl sites for hydroxylation is 1. The van der Waals surface area contributed by atoms with Crippen LogP contribution in [0.5, 0.6) is 0 Å². The second-order valence-corrected chi connectivity index (χ2v) is 3.64. The van der Waals surface area contributed by atoms with E-state index in [-0.39, 0.29) is 7.43 Å². The van der Waals surface area contributed by atoms with Gasteiger partial charge in [-0.2, -0.15) is 0 Å². The summed E-state index contributed by atoms with van der Waals surface area (Å²) in [4.78, 5) is 9.18. The van der Waals surface area contributed by atoms with Crippen LogP contribution in [0.3, 0.4) is 0 Å². The summed E-state index contributed by atoms with van der Waals surface area (Å²) in [5.41, 5.74) is 8.82. The number of aliphatic carboxylic acids is 1. The van der Waals surface area contributed by atoms with Crippen LogP contribution >= 0.6 is 9.69 Å². The normalized spacial score (nSPS) is 8.11. The predicted molar refractivity (Wildman–Crippen MR) is 74.4 cm³/mol. The van der Waals surface area contributed by atoms with Gasteiger partial charge in [-0.1, -0.05) is 50.2 Å². The Kier molecular flexibility index (Phi) is 18.5. The topological polar surface area (TPSA) is 61.1 Å². The van der Waals surface area contributed by atoms with E-state index in [1.165, 1.54) is 11.1 Å². The Balaban J connectivity index is -0.000000243. The average molecular weight is 360 g/mol. The van der Waals surface area contributed by atoms with E-state index in [0.717, 1.165) is 0 Å². The van der Waals surface area contributed by atoms with E-state index < -0.39 is 12.5 Å². The van der Waals surface area contributed by atoms with Crippen molar-refractivity contribution in [3.63, 3.8) is 0 Å². The van der Waals surface area contributed by atoms with Gasteiger partial charge in [0.2, 0.25) is 0 Å². The number of halogens is 1. The largest absolute Gasteiger partial charge is 0.668 e. The molecule has 1 aromatic rings. The van der Waals surface area contributed by atoms with Crippen LogP contribution in [-0.2, 0) is 22.1 Å². The first-order valence-corrected chi connectivity index (χ1v) is 7.27. The molecule has 0 saturated heterocycles. The van der Waals surface area contributed by atoms with Gasteiger partial charge in [0.15, 0.2) is 0 Å². The van der Waals surface area contributed by atoms with E-state index in [4.69, 9.17) is 10.8 Å². The second-order valence-electron chi connectivity index (χ2n) is 3.64. The van der Waals surface area contributed by atoms with Crippen molar-refractivity contribution in [1.29, 1.82) is 0 Å². The molecule has 1 rings (SSSR count). The molecular weight excluding hydrogens is 339 g/mol. The molecule has 0 spiro atoms. The zero-order valence-electron chi connectivity index (χ0n) is 11.2. The molecule has 0 atom stereocenters. The molecule has 0 bridgehead atoms. The first kappa shape index (κ1) is 22.7. The first-order valence-electron chi connectivity index (χ1n) is 5.03. The Morgan fingerprint density at radius 2 is 1.67 bits per heavy atom. The Bertz CT molecular complexity index is 302.